The van der Waals surface area contributed by atoms with Gasteiger partial charge in [-0.2, -0.15) is 5.26 Å². The van der Waals surface area contributed by atoms with Crippen molar-refractivity contribution in [1.82, 2.24) is 9.38 Å². The lowest BCUT2D eigenvalue weighted by Crippen LogP contribution is -2.27. The Labute approximate surface area is 143 Å². The first-order valence-corrected chi connectivity index (χ1v) is 8.12. The molecule has 5 nitrogen and oxygen atoms in total. The Kier molecular flexibility index (Phi) is 4.04. The number of hydrogen-bond donors (Lipinski definition) is 1. The molecule has 0 aliphatic rings. The molecule has 3 aromatic heterocycles. The van der Waals surface area contributed by atoms with Gasteiger partial charge < -0.3 is 9.51 Å². The number of thioether (sulfide) groups is 1. The van der Waals surface area contributed by atoms with E-state index in [2.05, 4.69) is 11.1 Å². The number of hydrogen-bond acceptors (Lipinski definition) is 4. The molecular formula is C18H15N3O2S. The number of carboxylic acid groups (broad SMARTS) is 1. The standard InChI is InChI=1S/C18H15N3O2S/c1-18(2,17(22)23)24-16-7-8-20-11-14(16)13-6-5-12(10-19)21-9-3-4-15(13)21/h3-9,11H,1-2H3,(H,22,23). The SMILES string of the molecule is CC(C)(Sc1ccncc1-c1ccc(C#N)n2cccc12)C(=O)O. The third kappa shape index (κ3) is 2.74. The van der Waals surface area contributed by atoms with Gasteiger partial charge in [-0.05, 0) is 44.2 Å². The second-order valence-corrected chi connectivity index (χ2v) is 7.46. The van der Waals surface area contributed by atoms with Gasteiger partial charge in [-0.3, -0.25) is 9.78 Å². The zero-order valence-electron chi connectivity index (χ0n) is 13.2. The largest absolute Gasteiger partial charge is 0.480 e. The van der Waals surface area contributed by atoms with Gasteiger partial charge in [0.2, 0.25) is 0 Å². The molecule has 3 heterocycles. The Balaban J connectivity index is 2.17. The van der Waals surface area contributed by atoms with Crippen LogP contribution >= 0.6 is 11.8 Å². The topological polar surface area (TPSA) is 78.4 Å². The van der Waals surface area contributed by atoms with Gasteiger partial charge in [-0.25, -0.2) is 0 Å². The summed E-state index contributed by atoms with van der Waals surface area (Å²) in [6.45, 7) is 3.35. The summed E-state index contributed by atoms with van der Waals surface area (Å²) >= 11 is 1.28. The highest BCUT2D eigenvalue weighted by atomic mass is 32.2. The summed E-state index contributed by atoms with van der Waals surface area (Å²) in [6, 6.07) is 11.4. The van der Waals surface area contributed by atoms with E-state index in [4.69, 9.17) is 0 Å². The zero-order chi connectivity index (χ0) is 17.3. The maximum atomic E-state index is 11.5. The predicted molar refractivity (Wildman–Crippen MR) is 92.9 cm³/mol. The van der Waals surface area contributed by atoms with Gasteiger partial charge >= 0.3 is 5.97 Å². The fraction of sp³-hybridized carbons (Fsp3) is 0.167. The van der Waals surface area contributed by atoms with Crippen LogP contribution in [0.25, 0.3) is 16.6 Å². The third-order valence-corrected chi connectivity index (χ3v) is 5.02. The van der Waals surface area contributed by atoms with E-state index in [1.54, 1.807) is 32.3 Å². The molecule has 0 amide bonds. The van der Waals surface area contributed by atoms with Crippen molar-refractivity contribution in [2.45, 2.75) is 23.5 Å². The highest BCUT2D eigenvalue weighted by Gasteiger charge is 2.29. The molecular weight excluding hydrogens is 322 g/mol. The molecule has 6 heteroatoms. The van der Waals surface area contributed by atoms with E-state index < -0.39 is 10.7 Å². The average Bonchev–Trinajstić information content (AvgIpc) is 3.04. The minimum absolute atomic E-state index is 0.544. The minimum atomic E-state index is -0.957. The molecule has 24 heavy (non-hydrogen) atoms. The molecule has 0 fully saturated rings. The quantitative estimate of drug-likeness (QED) is 0.732. The van der Waals surface area contributed by atoms with Crippen molar-refractivity contribution in [2.75, 3.05) is 0 Å². The molecule has 0 saturated carbocycles. The summed E-state index contributed by atoms with van der Waals surface area (Å²) in [7, 11) is 0. The molecule has 0 aliphatic heterocycles. The molecule has 0 bridgehead atoms. The van der Waals surface area contributed by atoms with Gasteiger partial charge in [0.15, 0.2) is 0 Å². The molecule has 0 unspecified atom stereocenters. The summed E-state index contributed by atoms with van der Waals surface area (Å²) in [5, 5.41) is 18.6. The van der Waals surface area contributed by atoms with Gasteiger partial charge in [-0.15, -0.1) is 11.8 Å². The molecule has 1 N–H and O–H groups in total. The van der Waals surface area contributed by atoms with E-state index in [0.29, 0.717) is 5.69 Å². The van der Waals surface area contributed by atoms with Crippen LogP contribution in [-0.4, -0.2) is 25.2 Å². The minimum Gasteiger partial charge on any atom is -0.480 e. The van der Waals surface area contributed by atoms with Crippen molar-refractivity contribution < 1.29 is 9.90 Å². The highest BCUT2D eigenvalue weighted by molar-refractivity contribution is 8.01. The van der Waals surface area contributed by atoms with Crippen LogP contribution in [0.3, 0.4) is 0 Å². The van der Waals surface area contributed by atoms with E-state index in [1.807, 2.05) is 34.9 Å². The van der Waals surface area contributed by atoms with Gasteiger partial charge in [0.05, 0.1) is 5.52 Å². The molecule has 0 spiro atoms. The Morgan fingerprint density at radius 2 is 2.08 bits per heavy atom. The molecule has 0 aromatic carbocycles. The predicted octanol–water partition coefficient (Wildman–Crippen LogP) is 3.83. The van der Waals surface area contributed by atoms with Crippen LogP contribution in [0, 0.1) is 11.3 Å². The van der Waals surface area contributed by atoms with E-state index in [1.165, 1.54) is 11.8 Å². The zero-order valence-corrected chi connectivity index (χ0v) is 14.0. The number of aliphatic carboxylic acids is 1. The number of carbonyl (C=O) groups is 1. The van der Waals surface area contributed by atoms with Crippen LogP contribution < -0.4 is 0 Å². The number of rotatable bonds is 4. The molecule has 3 aromatic rings. The van der Waals surface area contributed by atoms with Gasteiger partial charge in [-0.1, -0.05) is 0 Å². The highest BCUT2D eigenvalue weighted by Crippen LogP contribution is 2.39. The first kappa shape index (κ1) is 16.1. The van der Waals surface area contributed by atoms with Gasteiger partial charge in [0, 0.05) is 34.6 Å². The molecule has 0 radical (unpaired) electrons. The average molecular weight is 337 g/mol. The van der Waals surface area contributed by atoms with Crippen LogP contribution in [-0.2, 0) is 4.79 Å². The van der Waals surface area contributed by atoms with Crippen LogP contribution in [0.2, 0.25) is 0 Å². The molecule has 120 valence electrons. The van der Waals surface area contributed by atoms with Gasteiger partial charge in [0.1, 0.15) is 16.5 Å². The second kappa shape index (κ2) is 6.02. The van der Waals surface area contributed by atoms with Gasteiger partial charge in [0.25, 0.3) is 0 Å². The van der Waals surface area contributed by atoms with E-state index in [-0.39, 0.29) is 0 Å². The normalized spacial score (nSPS) is 11.4. The monoisotopic (exact) mass is 337 g/mol. The lowest BCUT2D eigenvalue weighted by Gasteiger charge is -2.20. The van der Waals surface area contributed by atoms with Crippen LogP contribution in [0.15, 0.2) is 53.8 Å². The van der Waals surface area contributed by atoms with E-state index in [9.17, 15) is 15.2 Å². The van der Waals surface area contributed by atoms with Crippen LogP contribution in [0.4, 0.5) is 0 Å². The lowest BCUT2D eigenvalue weighted by atomic mass is 10.1. The van der Waals surface area contributed by atoms with Crippen molar-refractivity contribution in [3.05, 3.63) is 54.6 Å². The molecule has 0 aliphatic carbocycles. The van der Waals surface area contributed by atoms with Crippen LogP contribution in [0.5, 0.6) is 0 Å². The summed E-state index contributed by atoms with van der Waals surface area (Å²) < 4.78 is 0.861. The smallest absolute Gasteiger partial charge is 0.319 e. The molecule has 3 rings (SSSR count). The Hall–Kier alpha value is -2.78. The fourth-order valence-electron chi connectivity index (χ4n) is 2.45. The van der Waals surface area contributed by atoms with Crippen molar-refractivity contribution in [2.24, 2.45) is 0 Å². The number of carboxylic acids is 1. The first-order chi connectivity index (χ1) is 11.4. The van der Waals surface area contributed by atoms with Crippen molar-refractivity contribution in [1.29, 1.82) is 5.26 Å². The Morgan fingerprint density at radius 3 is 2.79 bits per heavy atom. The summed E-state index contributed by atoms with van der Waals surface area (Å²) in [5.74, 6) is -0.872. The van der Waals surface area contributed by atoms with Crippen molar-refractivity contribution >= 4 is 23.2 Å². The Morgan fingerprint density at radius 1 is 1.29 bits per heavy atom. The number of nitrogens with zero attached hydrogens (tertiary/aromatic N) is 3. The van der Waals surface area contributed by atoms with Crippen LogP contribution in [0.1, 0.15) is 19.5 Å². The first-order valence-electron chi connectivity index (χ1n) is 7.31. The van der Waals surface area contributed by atoms with Crippen molar-refractivity contribution in [3.8, 4) is 17.2 Å². The lowest BCUT2D eigenvalue weighted by molar-refractivity contribution is -0.138. The number of pyridine rings is 2. The summed E-state index contributed by atoms with van der Waals surface area (Å²) in [6.07, 6.45) is 5.22. The van der Waals surface area contributed by atoms with Crippen molar-refractivity contribution in [3.63, 3.8) is 0 Å². The maximum absolute atomic E-state index is 11.5. The summed E-state index contributed by atoms with van der Waals surface area (Å²) in [4.78, 5) is 16.5. The maximum Gasteiger partial charge on any atom is 0.319 e. The number of aromatic nitrogens is 2. The third-order valence-electron chi connectivity index (χ3n) is 3.76. The molecule has 0 saturated heterocycles. The van der Waals surface area contributed by atoms with E-state index >= 15 is 0 Å². The van der Waals surface area contributed by atoms with E-state index in [0.717, 1.165) is 21.5 Å². The number of fused-ring (bicyclic) bond motifs is 1. The Bertz CT molecular complexity index is 970. The second-order valence-electron chi connectivity index (χ2n) is 5.80. The fourth-order valence-corrected chi connectivity index (χ4v) is 3.49. The number of nitriles is 1. The molecule has 0 atom stereocenters. The summed E-state index contributed by atoms with van der Waals surface area (Å²) in [5.41, 5.74) is 3.19.